The van der Waals surface area contributed by atoms with Crippen LogP contribution in [0, 0.1) is 0 Å². The zero-order valence-corrected chi connectivity index (χ0v) is 20.3. The first kappa shape index (κ1) is 23.5. The monoisotopic (exact) mass is 435 g/mol. The van der Waals surface area contributed by atoms with Crippen LogP contribution in [0.4, 0.5) is 0 Å². The van der Waals surface area contributed by atoms with Gasteiger partial charge in [0.1, 0.15) is 0 Å². The minimum Gasteiger partial charge on any atom is -0.481 e. The average Bonchev–Trinajstić information content (AvgIpc) is 2.77. The van der Waals surface area contributed by atoms with E-state index in [1.165, 1.54) is 0 Å². The fourth-order valence-electron chi connectivity index (χ4n) is 3.84. The van der Waals surface area contributed by atoms with Crippen molar-refractivity contribution in [2.45, 2.75) is 59.3 Å². The third-order valence-electron chi connectivity index (χ3n) is 5.59. The van der Waals surface area contributed by atoms with Crippen molar-refractivity contribution in [1.82, 2.24) is 14.5 Å². The van der Waals surface area contributed by atoms with Crippen molar-refractivity contribution >= 4 is 0 Å². The van der Waals surface area contributed by atoms with Crippen molar-refractivity contribution in [1.29, 1.82) is 0 Å². The Kier molecular flexibility index (Phi) is 7.02. The molecule has 3 rings (SSSR count). The van der Waals surface area contributed by atoms with E-state index in [-0.39, 0.29) is 23.3 Å². The predicted octanol–water partition coefficient (Wildman–Crippen LogP) is 5.68. The Balaban J connectivity index is 2.31. The van der Waals surface area contributed by atoms with Gasteiger partial charge < -0.3 is 9.47 Å². The molecule has 0 unspecified atom stereocenters. The van der Waals surface area contributed by atoms with Crippen LogP contribution in [-0.2, 0) is 0 Å². The molecule has 0 amide bonds. The molecule has 0 aromatic carbocycles. The van der Waals surface area contributed by atoms with Gasteiger partial charge in [0, 0.05) is 30.0 Å². The standard InChI is InChI=1S/C26H33N3O3/c1-15(2)18-9-11-22(31-7)28-26(18)19-13-24(30)29(14-20(19)16(3)4)21-10-12-23(32-8)27-25(21)17(5)6/h9-17H,1-8H3. The summed E-state index contributed by atoms with van der Waals surface area (Å²) in [4.78, 5) is 22.7. The summed E-state index contributed by atoms with van der Waals surface area (Å²) in [5.74, 6) is 1.63. The van der Waals surface area contributed by atoms with Gasteiger partial charge in [-0.05, 0) is 34.9 Å². The number of rotatable bonds is 7. The van der Waals surface area contributed by atoms with E-state index >= 15 is 0 Å². The van der Waals surface area contributed by atoms with E-state index in [0.717, 1.165) is 33.8 Å². The zero-order chi connectivity index (χ0) is 23.6. The maximum absolute atomic E-state index is 13.4. The van der Waals surface area contributed by atoms with Crippen molar-refractivity contribution in [3.63, 3.8) is 0 Å². The van der Waals surface area contributed by atoms with E-state index in [1.54, 1.807) is 30.9 Å². The van der Waals surface area contributed by atoms with Gasteiger partial charge in [-0.3, -0.25) is 9.36 Å². The van der Waals surface area contributed by atoms with Crippen LogP contribution in [0.3, 0.4) is 0 Å². The molecule has 0 fully saturated rings. The molecule has 3 aromatic heterocycles. The third-order valence-corrected chi connectivity index (χ3v) is 5.59. The lowest BCUT2D eigenvalue weighted by Gasteiger charge is -2.21. The molecule has 3 aromatic rings. The second-order valence-electron chi connectivity index (χ2n) is 8.86. The van der Waals surface area contributed by atoms with Gasteiger partial charge in [-0.15, -0.1) is 0 Å². The lowest BCUT2D eigenvalue weighted by Crippen LogP contribution is -2.21. The Labute approximate surface area is 190 Å². The molecule has 0 aliphatic heterocycles. The zero-order valence-electron chi connectivity index (χ0n) is 20.3. The topological polar surface area (TPSA) is 66.2 Å². The normalized spacial score (nSPS) is 11.5. The van der Waals surface area contributed by atoms with Gasteiger partial charge in [-0.2, -0.15) is 0 Å². The summed E-state index contributed by atoms with van der Waals surface area (Å²) in [6, 6.07) is 9.28. The van der Waals surface area contributed by atoms with Crippen molar-refractivity contribution in [2.75, 3.05) is 14.2 Å². The summed E-state index contributed by atoms with van der Waals surface area (Å²) >= 11 is 0. The molecule has 6 heteroatoms. The van der Waals surface area contributed by atoms with E-state index in [1.807, 2.05) is 24.4 Å². The maximum atomic E-state index is 13.4. The average molecular weight is 436 g/mol. The summed E-state index contributed by atoms with van der Waals surface area (Å²) in [6.45, 7) is 12.6. The number of pyridine rings is 3. The second kappa shape index (κ2) is 9.55. The Morgan fingerprint density at radius 1 is 0.781 bits per heavy atom. The maximum Gasteiger partial charge on any atom is 0.255 e. The third kappa shape index (κ3) is 4.54. The van der Waals surface area contributed by atoms with Gasteiger partial charge in [0.2, 0.25) is 11.8 Å². The molecule has 32 heavy (non-hydrogen) atoms. The molecule has 0 N–H and O–H groups in total. The summed E-state index contributed by atoms with van der Waals surface area (Å²) in [6.07, 6.45) is 1.93. The molecule has 0 bridgehead atoms. The van der Waals surface area contributed by atoms with Gasteiger partial charge in [0.25, 0.3) is 5.56 Å². The van der Waals surface area contributed by atoms with Crippen LogP contribution in [0.5, 0.6) is 11.8 Å². The van der Waals surface area contributed by atoms with Crippen molar-refractivity contribution in [2.24, 2.45) is 0 Å². The molecule has 0 saturated carbocycles. The molecule has 0 atom stereocenters. The summed E-state index contributed by atoms with van der Waals surface area (Å²) in [7, 11) is 3.20. The second-order valence-corrected chi connectivity index (χ2v) is 8.86. The predicted molar refractivity (Wildman–Crippen MR) is 128 cm³/mol. The largest absolute Gasteiger partial charge is 0.481 e. The Bertz CT molecular complexity index is 1160. The molecular weight excluding hydrogens is 402 g/mol. The molecule has 0 spiro atoms. The first-order valence-electron chi connectivity index (χ1n) is 11.0. The number of ether oxygens (including phenoxy) is 2. The van der Waals surface area contributed by atoms with Gasteiger partial charge in [0.05, 0.1) is 31.3 Å². The Morgan fingerprint density at radius 3 is 1.94 bits per heavy atom. The summed E-state index contributed by atoms with van der Waals surface area (Å²) < 4.78 is 12.4. The smallest absolute Gasteiger partial charge is 0.255 e. The van der Waals surface area contributed by atoms with E-state index in [0.29, 0.717) is 11.8 Å². The molecule has 0 aliphatic carbocycles. The van der Waals surface area contributed by atoms with Crippen molar-refractivity contribution in [3.8, 4) is 28.7 Å². The molecule has 6 nitrogen and oxygen atoms in total. The van der Waals surface area contributed by atoms with Crippen LogP contribution in [0.15, 0.2) is 41.3 Å². The quantitative estimate of drug-likeness (QED) is 0.477. The van der Waals surface area contributed by atoms with Crippen LogP contribution in [0.1, 0.15) is 76.1 Å². The van der Waals surface area contributed by atoms with Crippen molar-refractivity contribution in [3.05, 3.63) is 63.7 Å². The highest BCUT2D eigenvalue weighted by atomic mass is 16.5. The number of hydrogen-bond acceptors (Lipinski definition) is 5. The fraction of sp³-hybridized carbons (Fsp3) is 0.423. The van der Waals surface area contributed by atoms with Gasteiger partial charge >= 0.3 is 0 Å². The number of methoxy groups -OCH3 is 2. The first-order valence-corrected chi connectivity index (χ1v) is 11.0. The Morgan fingerprint density at radius 2 is 1.38 bits per heavy atom. The highest BCUT2D eigenvalue weighted by molar-refractivity contribution is 5.69. The molecule has 170 valence electrons. The number of hydrogen-bond donors (Lipinski definition) is 0. The van der Waals surface area contributed by atoms with Crippen LogP contribution in [0.2, 0.25) is 0 Å². The van der Waals surface area contributed by atoms with Crippen LogP contribution < -0.4 is 15.0 Å². The minimum atomic E-state index is -0.127. The van der Waals surface area contributed by atoms with Crippen molar-refractivity contribution < 1.29 is 9.47 Å². The summed E-state index contributed by atoms with van der Waals surface area (Å²) in [5.41, 5.74) is 5.22. The number of aromatic nitrogens is 3. The van der Waals surface area contributed by atoms with E-state index in [2.05, 4.69) is 46.5 Å². The lowest BCUT2D eigenvalue weighted by atomic mass is 9.91. The Hall–Kier alpha value is -3.15. The first-order chi connectivity index (χ1) is 15.2. The highest BCUT2D eigenvalue weighted by Crippen LogP contribution is 2.34. The summed E-state index contributed by atoms with van der Waals surface area (Å²) in [5, 5.41) is 0. The SMILES string of the molecule is COc1ccc(C(C)C)c(-c2cc(=O)n(-c3ccc(OC)nc3C(C)C)cc2C(C)C)n1. The minimum absolute atomic E-state index is 0.127. The molecule has 0 saturated heterocycles. The van der Waals surface area contributed by atoms with E-state index in [9.17, 15) is 4.79 Å². The molecule has 0 aliphatic rings. The van der Waals surface area contributed by atoms with Gasteiger partial charge in [-0.1, -0.05) is 47.6 Å². The molecule has 3 heterocycles. The lowest BCUT2D eigenvalue weighted by molar-refractivity contribution is 0.395. The van der Waals surface area contributed by atoms with Crippen LogP contribution in [-0.4, -0.2) is 28.8 Å². The van der Waals surface area contributed by atoms with Gasteiger partial charge in [0.15, 0.2) is 0 Å². The van der Waals surface area contributed by atoms with Crippen LogP contribution >= 0.6 is 0 Å². The number of nitrogens with zero attached hydrogens (tertiary/aromatic N) is 3. The fourth-order valence-corrected chi connectivity index (χ4v) is 3.84. The highest BCUT2D eigenvalue weighted by Gasteiger charge is 2.21. The van der Waals surface area contributed by atoms with Crippen LogP contribution in [0.25, 0.3) is 16.9 Å². The molecular formula is C26H33N3O3. The van der Waals surface area contributed by atoms with Gasteiger partial charge in [-0.25, -0.2) is 9.97 Å². The molecule has 0 radical (unpaired) electrons. The van der Waals surface area contributed by atoms with E-state index < -0.39 is 0 Å². The van der Waals surface area contributed by atoms with E-state index in [4.69, 9.17) is 14.5 Å².